The maximum Gasteiger partial charge on any atom is 0.0591 e. The van der Waals surface area contributed by atoms with E-state index in [-0.39, 0.29) is 6.10 Å². The molecule has 0 amide bonds. The lowest BCUT2D eigenvalue weighted by molar-refractivity contribution is 0.133. The first-order valence-corrected chi connectivity index (χ1v) is 7.43. The summed E-state index contributed by atoms with van der Waals surface area (Å²) in [6.45, 7) is 8.94. The molecule has 0 radical (unpaired) electrons. The molecule has 0 spiro atoms. The van der Waals surface area contributed by atoms with Crippen molar-refractivity contribution in [2.24, 2.45) is 11.3 Å². The molecule has 98 valence electrons. The molecule has 0 aliphatic rings. The molecular formula is C14H23ClOS. The Balaban J connectivity index is 2.39. The molecule has 2 unspecified atom stereocenters. The summed E-state index contributed by atoms with van der Waals surface area (Å²) in [6.07, 6.45) is 2.40. The van der Waals surface area contributed by atoms with Crippen molar-refractivity contribution in [2.75, 3.05) is 0 Å². The summed E-state index contributed by atoms with van der Waals surface area (Å²) in [5.41, 5.74) is 0.333. The Bertz CT molecular complexity index is 340. The van der Waals surface area contributed by atoms with Crippen molar-refractivity contribution >= 4 is 22.9 Å². The van der Waals surface area contributed by atoms with Crippen LogP contribution in [-0.4, -0.2) is 11.2 Å². The highest BCUT2D eigenvalue weighted by atomic mass is 35.5. The quantitative estimate of drug-likeness (QED) is 0.820. The Hall–Kier alpha value is -0.0500. The van der Waals surface area contributed by atoms with Crippen molar-refractivity contribution in [2.45, 2.75) is 53.1 Å². The van der Waals surface area contributed by atoms with Crippen molar-refractivity contribution in [1.82, 2.24) is 0 Å². The van der Waals surface area contributed by atoms with Crippen LogP contribution < -0.4 is 0 Å². The smallest absolute Gasteiger partial charge is 0.0591 e. The molecule has 0 bridgehead atoms. The number of thiophene rings is 1. The van der Waals surface area contributed by atoms with Gasteiger partial charge in [0.15, 0.2) is 0 Å². The Morgan fingerprint density at radius 1 is 1.41 bits per heavy atom. The van der Waals surface area contributed by atoms with Gasteiger partial charge in [0.1, 0.15) is 0 Å². The summed E-state index contributed by atoms with van der Waals surface area (Å²) in [5.74, 6) is 0.545. The molecule has 1 nitrogen and oxygen atoms in total. The van der Waals surface area contributed by atoms with Crippen molar-refractivity contribution in [3.63, 3.8) is 0 Å². The first kappa shape index (κ1) is 15.0. The topological polar surface area (TPSA) is 20.2 Å². The van der Waals surface area contributed by atoms with E-state index in [2.05, 4.69) is 27.7 Å². The highest BCUT2D eigenvalue weighted by Crippen LogP contribution is 2.29. The van der Waals surface area contributed by atoms with E-state index in [1.807, 2.05) is 11.4 Å². The molecule has 0 aliphatic carbocycles. The normalized spacial score (nSPS) is 15.9. The number of hydrogen-bond acceptors (Lipinski definition) is 2. The largest absolute Gasteiger partial charge is 0.393 e. The minimum absolute atomic E-state index is 0.275. The van der Waals surface area contributed by atoms with E-state index in [4.69, 9.17) is 11.6 Å². The van der Waals surface area contributed by atoms with E-state index in [0.717, 1.165) is 22.7 Å². The molecule has 2 atom stereocenters. The van der Waals surface area contributed by atoms with Crippen LogP contribution in [0.5, 0.6) is 0 Å². The van der Waals surface area contributed by atoms with Gasteiger partial charge in [0.2, 0.25) is 0 Å². The van der Waals surface area contributed by atoms with Crippen LogP contribution in [0.2, 0.25) is 5.02 Å². The predicted molar refractivity (Wildman–Crippen MR) is 76.9 cm³/mol. The van der Waals surface area contributed by atoms with Crippen LogP contribution in [0.4, 0.5) is 0 Å². The molecule has 1 N–H and O–H groups in total. The predicted octanol–water partition coefficient (Wildman–Crippen LogP) is 4.77. The second kappa shape index (κ2) is 6.21. The molecule has 1 aromatic rings. The van der Waals surface area contributed by atoms with Crippen LogP contribution in [0.25, 0.3) is 0 Å². The minimum atomic E-state index is -0.275. The highest BCUT2D eigenvalue weighted by Gasteiger charge is 2.19. The number of rotatable bonds is 5. The van der Waals surface area contributed by atoms with E-state index in [1.165, 1.54) is 0 Å². The van der Waals surface area contributed by atoms with Gasteiger partial charge in [-0.1, -0.05) is 39.3 Å². The maximum absolute atomic E-state index is 10.1. The van der Waals surface area contributed by atoms with Crippen molar-refractivity contribution in [3.8, 4) is 0 Å². The lowest BCUT2D eigenvalue weighted by atomic mass is 9.83. The molecule has 1 heterocycles. The molecule has 1 rings (SSSR count). The zero-order chi connectivity index (χ0) is 13.1. The molecule has 0 fully saturated rings. The third kappa shape index (κ3) is 5.89. The van der Waals surface area contributed by atoms with Gasteiger partial charge in [-0.2, -0.15) is 0 Å². The van der Waals surface area contributed by atoms with Crippen LogP contribution in [0.3, 0.4) is 0 Å². The monoisotopic (exact) mass is 274 g/mol. The van der Waals surface area contributed by atoms with Crippen molar-refractivity contribution in [3.05, 3.63) is 21.3 Å². The SMILES string of the molecule is CC(CC(O)Cc1sccc1Cl)CC(C)(C)C. The second-order valence-corrected chi connectivity index (χ2v) is 7.56. The average molecular weight is 275 g/mol. The summed E-state index contributed by atoms with van der Waals surface area (Å²) in [7, 11) is 0. The summed E-state index contributed by atoms with van der Waals surface area (Å²) in [6, 6.07) is 1.90. The van der Waals surface area contributed by atoms with E-state index in [1.54, 1.807) is 11.3 Å². The zero-order valence-electron chi connectivity index (χ0n) is 11.2. The second-order valence-electron chi connectivity index (χ2n) is 6.16. The lowest BCUT2D eigenvalue weighted by Crippen LogP contribution is -2.18. The van der Waals surface area contributed by atoms with Gasteiger partial charge in [0.05, 0.1) is 11.1 Å². The summed E-state index contributed by atoms with van der Waals surface area (Å²) < 4.78 is 0. The molecule has 3 heteroatoms. The van der Waals surface area contributed by atoms with Gasteiger partial charge in [-0.15, -0.1) is 11.3 Å². The molecule has 0 saturated heterocycles. The Kier molecular flexibility index (Phi) is 5.49. The third-order valence-electron chi connectivity index (χ3n) is 2.75. The van der Waals surface area contributed by atoms with Crippen LogP contribution in [0.15, 0.2) is 11.4 Å². The standard InChI is InChI=1S/C14H23ClOS/c1-10(9-14(2,3)4)7-11(16)8-13-12(15)5-6-17-13/h5-6,10-11,16H,7-9H2,1-4H3. The molecule has 0 aliphatic heterocycles. The van der Waals surface area contributed by atoms with Gasteiger partial charge < -0.3 is 5.11 Å². The zero-order valence-corrected chi connectivity index (χ0v) is 12.7. The molecule has 17 heavy (non-hydrogen) atoms. The number of aliphatic hydroxyl groups excluding tert-OH is 1. The van der Waals surface area contributed by atoms with Gasteiger partial charge in [-0.25, -0.2) is 0 Å². The number of halogens is 1. The first-order chi connectivity index (χ1) is 7.78. The summed E-state index contributed by atoms with van der Waals surface area (Å²) in [5, 5.41) is 12.8. The maximum atomic E-state index is 10.1. The third-order valence-corrected chi connectivity index (χ3v) is 4.16. The molecule has 0 aromatic carbocycles. The summed E-state index contributed by atoms with van der Waals surface area (Å²) >= 11 is 7.65. The van der Waals surface area contributed by atoms with Crippen LogP contribution in [0, 0.1) is 11.3 Å². The van der Waals surface area contributed by atoms with E-state index < -0.39 is 0 Å². The average Bonchev–Trinajstić information content (AvgIpc) is 2.47. The van der Waals surface area contributed by atoms with Gasteiger partial charge in [0.25, 0.3) is 0 Å². The van der Waals surface area contributed by atoms with Crippen molar-refractivity contribution in [1.29, 1.82) is 0 Å². The summed E-state index contributed by atoms with van der Waals surface area (Å²) in [4.78, 5) is 1.10. The fraction of sp³-hybridized carbons (Fsp3) is 0.714. The van der Waals surface area contributed by atoms with E-state index in [9.17, 15) is 5.11 Å². The molecule has 0 saturated carbocycles. The lowest BCUT2D eigenvalue weighted by Gasteiger charge is -2.24. The number of hydrogen-bond donors (Lipinski definition) is 1. The van der Waals surface area contributed by atoms with Gasteiger partial charge in [-0.05, 0) is 35.6 Å². The van der Waals surface area contributed by atoms with Gasteiger partial charge >= 0.3 is 0 Å². The molecule has 1 aromatic heterocycles. The molecular weight excluding hydrogens is 252 g/mol. The number of aliphatic hydroxyl groups is 1. The van der Waals surface area contributed by atoms with E-state index in [0.29, 0.717) is 17.8 Å². The van der Waals surface area contributed by atoms with Gasteiger partial charge in [-0.3, -0.25) is 0 Å². The Morgan fingerprint density at radius 3 is 2.53 bits per heavy atom. The van der Waals surface area contributed by atoms with Crippen molar-refractivity contribution < 1.29 is 5.11 Å². The fourth-order valence-corrected chi connectivity index (χ4v) is 3.55. The highest BCUT2D eigenvalue weighted by molar-refractivity contribution is 7.10. The Morgan fingerprint density at radius 2 is 2.06 bits per heavy atom. The van der Waals surface area contributed by atoms with Gasteiger partial charge in [0, 0.05) is 11.3 Å². The van der Waals surface area contributed by atoms with E-state index >= 15 is 0 Å². The fourth-order valence-electron chi connectivity index (χ4n) is 2.36. The Labute approximate surface area is 114 Å². The first-order valence-electron chi connectivity index (χ1n) is 6.18. The van der Waals surface area contributed by atoms with Crippen LogP contribution in [-0.2, 0) is 6.42 Å². The minimum Gasteiger partial charge on any atom is -0.393 e. The van der Waals surface area contributed by atoms with Crippen LogP contribution in [0.1, 0.15) is 45.4 Å². The van der Waals surface area contributed by atoms with Crippen LogP contribution >= 0.6 is 22.9 Å².